The molecule has 1 aromatic carbocycles. The fourth-order valence-electron chi connectivity index (χ4n) is 3.56. The van der Waals surface area contributed by atoms with Crippen LogP contribution in [0.4, 0.5) is 0 Å². The molecule has 0 spiro atoms. The molecule has 0 saturated heterocycles. The second kappa shape index (κ2) is 9.22. The zero-order valence-electron chi connectivity index (χ0n) is 14.4. The van der Waals surface area contributed by atoms with Crippen LogP contribution in [0.2, 0.25) is 5.02 Å². The van der Waals surface area contributed by atoms with Crippen LogP contribution in [0.3, 0.4) is 0 Å². The molecule has 1 unspecified atom stereocenters. The second-order valence-electron chi connectivity index (χ2n) is 6.85. The molecule has 1 aromatic rings. The smallest absolute Gasteiger partial charge is 0.311 e. The van der Waals surface area contributed by atoms with E-state index in [2.05, 4.69) is 0 Å². The molecule has 0 aliphatic heterocycles. The summed E-state index contributed by atoms with van der Waals surface area (Å²) in [7, 11) is 0. The molecule has 1 atom stereocenters. The van der Waals surface area contributed by atoms with Gasteiger partial charge in [-0.25, -0.2) is 0 Å². The van der Waals surface area contributed by atoms with Crippen molar-refractivity contribution in [2.45, 2.75) is 76.5 Å². The van der Waals surface area contributed by atoms with Gasteiger partial charge in [-0.05, 0) is 42.4 Å². The van der Waals surface area contributed by atoms with E-state index in [0.29, 0.717) is 22.9 Å². The van der Waals surface area contributed by atoms with Crippen molar-refractivity contribution in [1.82, 2.24) is 0 Å². The summed E-state index contributed by atoms with van der Waals surface area (Å²) >= 11 is 6.45. The van der Waals surface area contributed by atoms with Crippen molar-refractivity contribution in [1.29, 1.82) is 0 Å². The molecule has 2 rings (SSSR count). The highest BCUT2D eigenvalue weighted by Gasteiger charge is 2.25. The summed E-state index contributed by atoms with van der Waals surface area (Å²) < 4.78 is 0. The van der Waals surface area contributed by atoms with Gasteiger partial charge in [0.15, 0.2) is 0 Å². The van der Waals surface area contributed by atoms with Crippen LogP contribution in [0.5, 0.6) is 0 Å². The van der Waals surface area contributed by atoms with Crippen LogP contribution in [0.25, 0.3) is 0 Å². The molecule has 1 aliphatic rings. The minimum Gasteiger partial charge on any atom is -0.481 e. The van der Waals surface area contributed by atoms with Crippen LogP contribution >= 0.6 is 11.6 Å². The average molecular weight is 351 g/mol. The second-order valence-corrected chi connectivity index (χ2v) is 7.26. The quantitative estimate of drug-likeness (QED) is 0.653. The van der Waals surface area contributed by atoms with Crippen LogP contribution in [0, 0.1) is 0 Å². The third kappa shape index (κ3) is 5.07. The number of halogens is 1. The predicted molar refractivity (Wildman–Crippen MR) is 96.8 cm³/mol. The molecule has 0 bridgehead atoms. The number of ketones is 1. The molecule has 4 heteroatoms. The lowest BCUT2D eigenvalue weighted by atomic mass is 9.83. The van der Waals surface area contributed by atoms with Gasteiger partial charge in [-0.1, -0.05) is 56.3 Å². The molecular weight excluding hydrogens is 324 g/mol. The van der Waals surface area contributed by atoms with E-state index >= 15 is 0 Å². The molecule has 1 aliphatic carbocycles. The maximum absolute atomic E-state index is 12.0. The summed E-state index contributed by atoms with van der Waals surface area (Å²) in [5.41, 5.74) is 1.76. The minimum absolute atomic E-state index is 0.0109. The fourth-order valence-corrected chi connectivity index (χ4v) is 3.90. The number of hydrogen-bond acceptors (Lipinski definition) is 2. The standard InChI is InChI=1S/C20H27ClO3/c1-2-3-9-16(22)13-18(20(23)24)15-10-11-17(19(21)12-15)14-7-5-4-6-8-14/h10-12,14,18H,2-9,13H2,1H3,(H,23,24). The van der Waals surface area contributed by atoms with Crippen LogP contribution in [-0.2, 0) is 9.59 Å². The Balaban J connectivity index is 2.14. The Morgan fingerprint density at radius 3 is 2.54 bits per heavy atom. The van der Waals surface area contributed by atoms with Crippen molar-refractivity contribution >= 4 is 23.4 Å². The molecular formula is C20H27ClO3. The van der Waals surface area contributed by atoms with Gasteiger partial charge >= 0.3 is 5.97 Å². The maximum atomic E-state index is 12.0. The number of carbonyl (C=O) groups is 2. The van der Waals surface area contributed by atoms with E-state index in [0.717, 1.165) is 31.2 Å². The van der Waals surface area contributed by atoms with Crippen molar-refractivity contribution in [3.05, 3.63) is 34.3 Å². The Kier molecular flexibility index (Phi) is 7.29. The molecule has 0 amide bonds. The number of hydrogen-bond donors (Lipinski definition) is 1. The van der Waals surface area contributed by atoms with Gasteiger partial charge in [0.05, 0.1) is 5.92 Å². The average Bonchev–Trinajstić information content (AvgIpc) is 2.58. The molecule has 0 heterocycles. The van der Waals surface area contributed by atoms with E-state index in [9.17, 15) is 14.7 Å². The van der Waals surface area contributed by atoms with E-state index in [1.54, 1.807) is 6.07 Å². The first-order chi connectivity index (χ1) is 11.5. The third-order valence-electron chi connectivity index (χ3n) is 5.01. The molecule has 132 valence electrons. The predicted octanol–water partition coefficient (Wildman–Crippen LogP) is 5.71. The molecule has 1 N–H and O–H groups in total. The monoisotopic (exact) mass is 350 g/mol. The minimum atomic E-state index is -0.957. The topological polar surface area (TPSA) is 54.4 Å². The van der Waals surface area contributed by atoms with Gasteiger partial charge in [-0.3, -0.25) is 9.59 Å². The highest BCUT2D eigenvalue weighted by atomic mass is 35.5. The molecule has 24 heavy (non-hydrogen) atoms. The summed E-state index contributed by atoms with van der Waals surface area (Å²) in [5.74, 6) is -1.26. The van der Waals surface area contributed by atoms with Crippen molar-refractivity contribution in [2.24, 2.45) is 0 Å². The van der Waals surface area contributed by atoms with Crippen LogP contribution in [-0.4, -0.2) is 16.9 Å². The third-order valence-corrected chi connectivity index (χ3v) is 5.34. The van der Waals surface area contributed by atoms with Gasteiger partial charge in [0, 0.05) is 17.9 Å². The number of carboxylic acids is 1. The van der Waals surface area contributed by atoms with Gasteiger partial charge in [0.25, 0.3) is 0 Å². The summed E-state index contributed by atoms with van der Waals surface area (Å²) in [6, 6.07) is 5.58. The number of rotatable bonds is 8. The highest BCUT2D eigenvalue weighted by Crippen LogP contribution is 2.37. The number of unbranched alkanes of at least 4 members (excludes halogenated alkanes) is 1. The van der Waals surface area contributed by atoms with Crippen molar-refractivity contribution in [2.75, 3.05) is 0 Å². The number of carbonyl (C=O) groups excluding carboxylic acids is 1. The summed E-state index contributed by atoms with van der Waals surface area (Å²) in [4.78, 5) is 23.6. The zero-order chi connectivity index (χ0) is 17.5. The van der Waals surface area contributed by atoms with Crippen molar-refractivity contribution in [3.63, 3.8) is 0 Å². The first kappa shape index (κ1) is 19.0. The van der Waals surface area contributed by atoms with Crippen LogP contribution < -0.4 is 0 Å². The van der Waals surface area contributed by atoms with Gasteiger partial charge < -0.3 is 5.11 Å². The summed E-state index contributed by atoms with van der Waals surface area (Å²) in [6.07, 6.45) is 8.29. The lowest BCUT2D eigenvalue weighted by Gasteiger charge is -2.23. The van der Waals surface area contributed by atoms with E-state index in [1.165, 1.54) is 19.3 Å². The summed E-state index contributed by atoms with van der Waals surface area (Å²) in [6.45, 7) is 2.02. The van der Waals surface area contributed by atoms with Gasteiger partial charge in [-0.2, -0.15) is 0 Å². The number of benzene rings is 1. The van der Waals surface area contributed by atoms with Gasteiger partial charge in [-0.15, -0.1) is 0 Å². The molecule has 1 saturated carbocycles. The number of aliphatic carboxylic acids is 1. The highest BCUT2D eigenvalue weighted by molar-refractivity contribution is 6.31. The first-order valence-electron chi connectivity index (χ1n) is 9.06. The molecule has 0 aromatic heterocycles. The Hall–Kier alpha value is -1.35. The van der Waals surface area contributed by atoms with Crippen LogP contribution in [0.1, 0.15) is 87.7 Å². The lowest BCUT2D eigenvalue weighted by molar-refractivity contribution is -0.140. The maximum Gasteiger partial charge on any atom is 0.311 e. The Morgan fingerprint density at radius 1 is 1.25 bits per heavy atom. The Labute approximate surface area is 149 Å². The zero-order valence-corrected chi connectivity index (χ0v) is 15.1. The van der Waals surface area contributed by atoms with Crippen molar-refractivity contribution in [3.8, 4) is 0 Å². The van der Waals surface area contributed by atoms with E-state index < -0.39 is 11.9 Å². The lowest BCUT2D eigenvalue weighted by Crippen LogP contribution is -2.16. The normalized spacial score (nSPS) is 16.8. The largest absolute Gasteiger partial charge is 0.481 e. The van der Waals surface area contributed by atoms with E-state index in [1.807, 2.05) is 19.1 Å². The number of carboxylic acid groups (broad SMARTS) is 1. The first-order valence-corrected chi connectivity index (χ1v) is 9.44. The molecule has 3 nitrogen and oxygen atoms in total. The van der Waals surface area contributed by atoms with Crippen molar-refractivity contribution < 1.29 is 14.7 Å². The SMILES string of the molecule is CCCCC(=O)CC(C(=O)O)c1ccc(C2CCCCC2)c(Cl)c1. The Bertz CT molecular complexity index is 576. The van der Waals surface area contributed by atoms with E-state index in [4.69, 9.17) is 11.6 Å². The molecule has 1 fully saturated rings. The summed E-state index contributed by atoms with van der Waals surface area (Å²) in [5, 5.41) is 10.2. The van der Waals surface area contributed by atoms with Crippen LogP contribution in [0.15, 0.2) is 18.2 Å². The fraction of sp³-hybridized carbons (Fsp3) is 0.600. The number of Topliss-reactive ketones (excluding diaryl/α,β-unsaturated/α-hetero) is 1. The van der Waals surface area contributed by atoms with E-state index in [-0.39, 0.29) is 12.2 Å². The Morgan fingerprint density at radius 2 is 1.96 bits per heavy atom. The molecule has 0 radical (unpaired) electrons. The van der Waals surface area contributed by atoms with Gasteiger partial charge in [0.1, 0.15) is 5.78 Å². The van der Waals surface area contributed by atoms with Gasteiger partial charge in [0.2, 0.25) is 0 Å².